The molecule has 0 fully saturated rings. The van der Waals surface area contributed by atoms with Gasteiger partial charge in [-0.25, -0.2) is 4.39 Å². The summed E-state index contributed by atoms with van der Waals surface area (Å²) in [6, 6.07) is 5.80. The maximum atomic E-state index is 12.8. The van der Waals surface area contributed by atoms with Crippen LogP contribution in [-0.4, -0.2) is 17.0 Å². The van der Waals surface area contributed by atoms with Crippen molar-refractivity contribution < 1.29 is 23.2 Å². The van der Waals surface area contributed by atoms with Crippen LogP contribution in [0.1, 0.15) is 29.9 Å². The fourth-order valence-electron chi connectivity index (χ4n) is 1.75. The van der Waals surface area contributed by atoms with Crippen LogP contribution in [0, 0.1) is 5.82 Å². The normalized spacial score (nSPS) is 10.3. The summed E-state index contributed by atoms with van der Waals surface area (Å²) in [4.78, 5) is 22.7. The van der Waals surface area contributed by atoms with Gasteiger partial charge in [0.05, 0.1) is 0 Å². The molecule has 1 heterocycles. The number of anilines is 1. The van der Waals surface area contributed by atoms with Gasteiger partial charge in [-0.3, -0.25) is 19.4 Å². The summed E-state index contributed by atoms with van der Waals surface area (Å²) in [5, 5.41) is 6.12. The predicted molar refractivity (Wildman–Crippen MR) is 66.5 cm³/mol. The van der Waals surface area contributed by atoms with E-state index in [-0.39, 0.29) is 35.6 Å². The first-order chi connectivity index (χ1) is 9.47. The lowest BCUT2D eigenvalue weighted by Crippen LogP contribution is -2.41. The number of amides is 1. The molecule has 0 aliphatic heterocycles. The lowest BCUT2D eigenvalue weighted by atomic mass is 10.2. The lowest BCUT2D eigenvalue weighted by molar-refractivity contribution is -0.756. The lowest BCUT2D eigenvalue weighted by Gasteiger charge is -1.96. The van der Waals surface area contributed by atoms with Gasteiger partial charge in [0, 0.05) is 19.4 Å². The van der Waals surface area contributed by atoms with Gasteiger partial charge >= 0.3 is 11.6 Å². The van der Waals surface area contributed by atoms with Crippen molar-refractivity contribution in [2.45, 2.75) is 20.4 Å². The molecule has 7 heteroatoms. The summed E-state index contributed by atoms with van der Waals surface area (Å²) >= 11 is 0. The van der Waals surface area contributed by atoms with E-state index in [4.69, 9.17) is 4.52 Å². The Morgan fingerprint density at radius 1 is 1.30 bits per heavy atom. The standard InChI is InChI=1S/C13H12FN3O3/c1-8(18)12-13(15-9(2)19)20-16-17(12)7-10-3-5-11(14)6-4-10/h3-6H,7H2,1-2H3/p+1. The first kappa shape index (κ1) is 13.9. The monoisotopic (exact) mass is 278 g/mol. The van der Waals surface area contributed by atoms with Crippen molar-refractivity contribution in [3.05, 3.63) is 41.3 Å². The molecule has 2 aromatic rings. The van der Waals surface area contributed by atoms with E-state index >= 15 is 0 Å². The number of carbonyl (C=O) groups excluding carboxylic acids is 2. The number of nitrogens with one attached hydrogen (secondary N) is 1. The van der Waals surface area contributed by atoms with Gasteiger partial charge in [0.25, 0.3) is 0 Å². The Balaban J connectivity index is 2.31. The summed E-state index contributed by atoms with van der Waals surface area (Å²) in [7, 11) is 0. The zero-order chi connectivity index (χ0) is 14.7. The number of aromatic nitrogens is 2. The highest BCUT2D eigenvalue weighted by molar-refractivity contribution is 5.98. The number of hydrogen-bond donors (Lipinski definition) is 1. The van der Waals surface area contributed by atoms with Gasteiger partial charge in [-0.15, -0.1) is 0 Å². The van der Waals surface area contributed by atoms with Crippen LogP contribution in [-0.2, 0) is 11.3 Å². The number of nitrogens with zero attached hydrogens (tertiary/aromatic N) is 2. The van der Waals surface area contributed by atoms with Crippen LogP contribution in [0.4, 0.5) is 10.3 Å². The van der Waals surface area contributed by atoms with Crippen molar-refractivity contribution in [2.75, 3.05) is 5.32 Å². The second-order valence-electron chi connectivity index (χ2n) is 4.27. The molecule has 0 aliphatic carbocycles. The van der Waals surface area contributed by atoms with Crippen molar-refractivity contribution in [3.63, 3.8) is 0 Å². The minimum absolute atomic E-state index is 0.00658. The van der Waals surface area contributed by atoms with Crippen LogP contribution in [0.5, 0.6) is 0 Å². The van der Waals surface area contributed by atoms with E-state index < -0.39 is 0 Å². The number of Topliss-reactive ketones (excluding diaryl/α,β-unsaturated/α-hetero) is 1. The summed E-state index contributed by atoms with van der Waals surface area (Å²) in [5.74, 6) is -0.994. The van der Waals surface area contributed by atoms with Crippen LogP contribution < -0.4 is 10.00 Å². The predicted octanol–water partition coefficient (Wildman–Crippen LogP) is 1.31. The third-order valence-corrected chi connectivity index (χ3v) is 2.57. The molecule has 2 rings (SSSR count). The minimum Gasteiger partial charge on any atom is -0.289 e. The number of benzene rings is 1. The molecular weight excluding hydrogens is 265 g/mol. The Labute approximate surface area is 114 Å². The summed E-state index contributed by atoms with van der Waals surface area (Å²) < 4.78 is 19.1. The number of carbonyl (C=O) groups is 2. The molecule has 0 spiro atoms. The third kappa shape index (κ3) is 3.05. The van der Waals surface area contributed by atoms with E-state index in [1.165, 1.54) is 30.7 Å². The van der Waals surface area contributed by atoms with E-state index in [1.807, 2.05) is 0 Å². The molecule has 0 atom stereocenters. The Morgan fingerprint density at radius 3 is 2.50 bits per heavy atom. The van der Waals surface area contributed by atoms with Crippen LogP contribution in [0.3, 0.4) is 0 Å². The average molecular weight is 278 g/mol. The Morgan fingerprint density at radius 2 is 1.95 bits per heavy atom. The van der Waals surface area contributed by atoms with Crippen LogP contribution in [0.25, 0.3) is 0 Å². The van der Waals surface area contributed by atoms with Crippen molar-refractivity contribution in [2.24, 2.45) is 0 Å². The maximum absolute atomic E-state index is 12.8. The summed E-state index contributed by atoms with van der Waals surface area (Å²) in [6.07, 6.45) is 0. The highest BCUT2D eigenvalue weighted by atomic mass is 19.1. The SMILES string of the molecule is CC(=O)Nc1on[n+](Cc2ccc(F)cc2)c1C(C)=O. The van der Waals surface area contributed by atoms with Gasteiger partial charge in [0.2, 0.25) is 23.5 Å². The second-order valence-corrected chi connectivity index (χ2v) is 4.27. The highest BCUT2D eigenvalue weighted by Crippen LogP contribution is 2.12. The van der Waals surface area contributed by atoms with Gasteiger partial charge < -0.3 is 0 Å². The molecule has 104 valence electrons. The van der Waals surface area contributed by atoms with E-state index in [0.29, 0.717) is 0 Å². The number of hydrogen-bond acceptors (Lipinski definition) is 4. The van der Waals surface area contributed by atoms with Crippen LogP contribution in [0.15, 0.2) is 28.8 Å². The van der Waals surface area contributed by atoms with Crippen LogP contribution in [0.2, 0.25) is 0 Å². The molecule has 0 unspecified atom stereocenters. The number of halogens is 1. The highest BCUT2D eigenvalue weighted by Gasteiger charge is 2.29. The zero-order valence-electron chi connectivity index (χ0n) is 11.0. The second kappa shape index (κ2) is 5.60. The largest absolute Gasteiger partial charge is 0.340 e. The van der Waals surface area contributed by atoms with Gasteiger partial charge in [-0.05, 0) is 28.9 Å². The molecule has 0 radical (unpaired) electrons. The smallest absolute Gasteiger partial charge is 0.289 e. The van der Waals surface area contributed by atoms with Crippen molar-refractivity contribution in [3.8, 4) is 0 Å². The van der Waals surface area contributed by atoms with Gasteiger partial charge in [0.1, 0.15) is 5.82 Å². The minimum atomic E-state index is -0.363. The average Bonchev–Trinajstić information content (AvgIpc) is 2.74. The van der Waals surface area contributed by atoms with Crippen molar-refractivity contribution in [1.82, 2.24) is 5.27 Å². The van der Waals surface area contributed by atoms with Gasteiger partial charge in [-0.2, -0.15) is 0 Å². The Hall–Kier alpha value is -2.57. The first-order valence-electron chi connectivity index (χ1n) is 5.90. The molecule has 1 amide bonds. The topological polar surface area (TPSA) is 76.1 Å². The summed E-state index contributed by atoms with van der Waals surface area (Å²) in [5.41, 5.74) is 0.908. The van der Waals surface area contributed by atoms with Crippen molar-refractivity contribution >= 4 is 17.6 Å². The molecule has 1 N–H and O–H groups in total. The Kier molecular flexibility index (Phi) is 3.88. The summed E-state index contributed by atoms with van der Waals surface area (Å²) in [6.45, 7) is 2.88. The quantitative estimate of drug-likeness (QED) is 0.676. The zero-order valence-corrected chi connectivity index (χ0v) is 11.0. The molecule has 0 bridgehead atoms. The maximum Gasteiger partial charge on any atom is 0.340 e. The molecule has 6 nitrogen and oxygen atoms in total. The molecule has 20 heavy (non-hydrogen) atoms. The van der Waals surface area contributed by atoms with E-state index in [2.05, 4.69) is 10.6 Å². The fraction of sp³-hybridized carbons (Fsp3) is 0.231. The molecule has 0 saturated carbocycles. The van der Waals surface area contributed by atoms with Crippen LogP contribution >= 0.6 is 0 Å². The molecular formula is C13H13FN3O3+. The van der Waals surface area contributed by atoms with Gasteiger partial charge in [0.15, 0.2) is 0 Å². The van der Waals surface area contributed by atoms with E-state index in [9.17, 15) is 14.0 Å². The van der Waals surface area contributed by atoms with E-state index in [0.717, 1.165) is 5.56 Å². The molecule has 1 aromatic carbocycles. The van der Waals surface area contributed by atoms with E-state index in [1.54, 1.807) is 12.1 Å². The van der Waals surface area contributed by atoms with Crippen molar-refractivity contribution in [1.29, 1.82) is 0 Å². The van der Waals surface area contributed by atoms with Gasteiger partial charge in [-0.1, -0.05) is 0 Å². The third-order valence-electron chi connectivity index (χ3n) is 2.57. The fourth-order valence-corrected chi connectivity index (χ4v) is 1.75. The number of rotatable bonds is 4. The number of ketones is 1. The molecule has 0 aliphatic rings. The first-order valence-corrected chi connectivity index (χ1v) is 5.90. The molecule has 0 saturated heterocycles. The molecule has 1 aromatic heterocycles. The Bertz CT molecular complexity index is 649.